The monoisotopic (exact) mass is 239 g/mol. The molecule has 1 rings (SSSR count). The summed E-state index contributed by atoms with van der Waals surface area (Å²) < 4.78 is 5.27. The summed E-state index contributed by atoms with van der Waals surface area (Å²) in [5.41, 5.74) is 3.50. The van der Waals surface area contributed by atoms with E-state index >= 15 is 0 Å². The maximum atomic E-state index is 5.39. The molecule has 0 saturated heterocycles. The summed E-state index contributed by atoms with van der Waals surface area (Å²) in [5.74, 6) is 7.56. The van der Waals surface area contributed by atoms with E-state index in [1.807, 2.05) is 20.8 Å². The number of nitrogen functional groups attached to an aromatic ring is 1. The highest BCUT2D eigenvalue weighted by Gasteiger charge is 2.07. The molecule has 0 atom stereocenters. The molecule has 0 radical (unpaired) electrons. The van der Waals surface area contributed by atoms with Gasteiger partial charge in [0.2, 0.25) is 0 Å². The van der Waals surface area contributed by atoms with Gasteiger partial charge in [0.05, 0.1) is 0 Å². The highest BCUT2D eigenvalue weighted by molar-refractivity contribution is 5.56. The lowest BCUT2D eigenvalue weighted by Gasteiger charge is -2.12. The summed E-state index contributed by atoms with van der Waals surface area (Å²) in [7, 11) is 0. The second kappa shape index (κ2) is 7.03. The van der Waals surface area contributed by atoms with Crippen molar-refractivity contribution in [1.29, 1.82) is 0 Å². The fraction of sp³-hybridized carbons (Fsp3) is 0.636. The third-order valence-electron chi connectivity index (χ3n) is 2.36. The van der Waals surface area contributed by atoms with Crippen LogP contribution in [0.4, 0.5) is 11.6 Å². The lowest BCUT2D eigenvalue weighted by molar-refractivity contribution is 0.147. The Morgan fingerprint density at radius 3 is 2.59 bits per heavy atom. The van der Waals surface area contributed by atoms with Crippen molar-refractivity contribution in [2.45, 2.75) is 27.2 Å². The van der Waals surface area contributed by atoms with Crippen molar-refractivity contribution < 1.29 is 4.74 Å². The van der Waals surface area contributed by atoms with Gasteiger partial charge >= 0.3 is 0 Å². The van der Waals surface area contributed by atoms with E-state index in [1.165, 1.54) is 0 Å². The van der Waals surface area contributed by atoms with Gasteiger partial charge in [0, 0.05) is 25.3 Å². The lowest BCUT2D eigenvalue weighted by atomic mass is 10.3. The summed E-state index contributed by atoms with van der Waals surface area (Å²) in [6.07, 6.45) is 0.946. The Morgan fingerprint density at radius 1 is 1.24 bits per heavy atom. The highest BCUT2D eigenvalue weighted by atomic mass is 16.5. The van der Waals surface area contributed by atoms with Crippen LogP contribution in [0, 0.1) is 13.8 Å². The maximum absolute atomic E-state index is 5.39. The van der Waals surface area contributed by atoms with Gasteiger partial charge in [-0.3, -0.25) is 0 Å². The molecule has 0 spiro atoms. The van der Waals surface area contributed by atoms with Crippen LogP contribution in [-0.4, -0.2) is 29.7 Å². The molecule has 0 fully saturated rings. The predicted octanol–water partition coefficient (Wildman–Crippen LogP) is 1.22. The molecule has 0 aliphatic rings. The number of hydrogen-bond acceptors (Lipinski definition) is 6. The average Bonchev–Trinajstić information content (AvgIpc) is 2.32. The molecule has 6 heteroatoms. The van der Waals surface area contributed by atoms with Gasteiger partial charge in [-0.05, 0) is 27.2 Å². The van der Waals surface area contributed by atoms with Gasteiger partial charge in [0.25, 0.3) is 0 Å². The Bertz CT molecular complexity index is 356. The summed E-state index contributed by atoms with van der Waals surface area (Å²) >= 11 is 0. The fourth-order valence-electron chi connectivity index (χ4n) is 1.47. The molecule has 17 heavy (non-hydrogen) atoms. The number of hydrazine groups is 1. The summed E-state index contributed by atoms with van der Waals surface area (Å²) in [6.45, 7) is 8.10. The molecule has 0 bridgehead atoms. The van der Waals surface area contributed by atoms with Gasteiger partial charge in [-0.2, -0.15) is 0 Å². The van der Waals surface area contributed by atoms with E-state index in [2.05, 4.69) is 20.7 Å². The second-order valence-electron chi connectivity index (χ2n) is 3.71. The third-order valence-corrected chi connectivity index (χ3v) is 2.36. The number of aryl methyl sites for hydroxylation is 1. The molecule has 0 saturated carbocycles. The zero-order chi connectivity index (χ0) is 12.7. The molecule has 0 unspecified atom stereocenters. The van der Waals surface area contributed by atoms with Crippen LogP contribution in [0.1, 0.15) is 24.7 Å². The van der Waals surface area contributed by atoms with Gasteiger partial charge in [-0.15, -0.1) is 0 Å². The van der Waals surface area contributed by atoms with Crippen LogP contribution >= 0.6 is 0 Å². The largest absolute Gasteiger partial charge is 0.382 e. The molecular weight excluding hydrogens is 218 g/mol. The number of ether oxygens (including phenoxy) is 1. The van der Waals surface area contributed by atoms with E-state index in [0.717, 1.165) is 37.6 Å². The van der Waals surface area contributed by atoms with Crippen molar-refractivity contribution in [3.05, 3.63) is 11.4 Å². The van der Waals surface area contributed by atoms with Gasteiger partial charge in [-0.25, -0.2) is 15.8 Å². The molecule has 0 amide bonds. The average molecular weight is 239 g/mol. The molecule has 4 N–H and O–H groups in total. The minimum absolute atomic E-state index is 0.657. The Balaban J connectivity index is 2.55. The van der Waals surface area contributed by atoms with Crippen LogP contribution in [-0.2, 0) is 4.74 Å². The van der Waals surface area contributed by atoms with E-state index in [4.69, 9.17) is 10.6 Å². The molecule has 6 nitrogen and oxygen atoms in total. The zero-order valence-electron chi connectivity index (χ0n) is 10.7. The number of hydrogen-bond donors (Lipinski definition) is 3. The second-order valence-corrected chi connectivity index (χ2v) is 3.71. The topological polar surface area (TPSA) is 85.1 Å². The summed E-state index contributed by atoms with van der Waals surface area (Å²) in [6, 6.07) is 0. The Labute approximate surface area is 102 Å². The van der Waals surface area contributed by atoms with Crippen molar-refractivity contribution in [2.75, 3.05) is 30.5 Å². The minimum Gasteiger partial charge on any atom is -0.382 e. The Kier molecular flexibility index (Phi) is 5.65. The lowest BCUT2D eigenvalue weighted by Crippen LogP contribution is -2.15. The SMILES string of the molecule is CCOCCCNc1nc(C)nc(NN)c1C. The zero-order valence-corrected chi connectivity index (χ0v) is 10.7. The first-order valence-corrected chi connectivity index (χ1v) is 5.82. The van der Waals surface area contributed by atoms with E-state index in [1.54, 1.807) is 0 Å². The number of nitrogens with one attached hydrogen (secondary N) is 2. The predicted molar refractivity (Wildman–Crippen MR) is 68.9 cm³/mol. The van der Waals surface area contributed by atoms with Crippen molar-refractivity contribution >= 4 is 11.6 Å². The Morgan fingerprint density at radius 2 is 1.94 bits per heavy atom. The molecule has 96 valence electrons. The number of nitrogens with zero attached hydrogens (tertiary/aromatic N) is 2. The summed E-state index contributed by atoms with van der Waals surface area (Å²) in [4.78, 5) is 8.54. The summed E-state index contributed by atoms with van der Waals surface area (Å²) in [5, 5.41) is 3.26. The standard InChI is InChI=1S/C11H21N5O/c1-4-17-7-5-6-13-10-8(2)11(16-12)15-9(3)14-10/h4-7,12H2,1-3H3,(H2,13,14,15,16). The molecule has 0 aliphatic carbocycles. The van der Waals surface area contributed by atoms with E-state index in [-0.39, 0.29) is 0 Å². The van der Waals surface area contributed by atoms with Crippen LogP contribution < -0.4 is 16.6 Å². The smallest absolute Gasteiger partial charge is 0.148 e. The van der Waals surface area contributed by atoms with Gasteiger partial charge in [0.1, 0.15) is 17.5 Å². The number of anilines is 2. The number of nitrogens with two attached hydrogens (primary N) is 1. The number of rotatable bonds is 7. The molecule has 0 aliphatic heterocycles. The van der Waals surface area contributed by atoms with Gasteiger partial charge < -0.3 is 15.5 Å². The number of aromatic nitrogens is 2. The van der Waals surface area contributed by atoms with E-state index in [9.17, 15) is 0 Å². The quantitative estimate of drug-likeness (QED) is 0.377. The molecule has 1 heterocycles. The molecule has 0 aromatic carbocycles. The Hall–Kier alpha value is -1.40. The maximum Gasteiger partial charge on any atom is 0.148 e. The third kappa shape index (κ3) is 4.16. The molecular formula is C11H21N5O. The van der Waals surface area contributed by atoms with Gasteiger partial charge in [0.15, 0.2) is 0 Å². The van der Waals surface area contributed by atoms with E-state index in [0.29, 0.717) is 11.6 Å². The van der Waals surface area contributed by atoms with Crippen LogP contribution in [0.5, 0.6) is 0 Å². The van der Waals surface area contributed by atoms with Crippen molar-refractivity contribution in [1.82, 2.24) is 9.97 Å². The first-order valence-electron chi connectivity index (χ1n) is 5.82. The van der Waals surface area contributed by atoms with Crippen molar-refractivity contribution in [2.24, 2.45) is 5.84 Å². The van der Waals surface area contributed by atoms with Gasteiger partial charge in [-0.1, -0.05) is 0 Å². The van der Waals surface area contributed by atoms with Crippen LogP contribution in [0.2, 0.25) is 0 Å². The first kappa shape index (κ1) is 13.7. The van der Waals surface area contributed by atoms with Crippen LogP contribution in [0.25, 0.3) is 0 Å². The molecule has 1 aromatic heterocycles. The minimum atomic E-state index is 0.657. The van der Waals surface area contributed by atoms with E-state index < -0.39 is 0 Å². The fourth-order valence-corrected chi connectivity index (χ4v) is 1.47. The van der Waals surface area contributed by atoms with Crippen LogP contribution in [0.3, 0.4) is 0 Å². The van der Waals surface area contributed by atoms with Crippen molar-refractivity contribution in [3.8, 4) is 0 Å². The highest BCUT2D eigenvalue weighted by Crippen LogP contribution is 2.18. The van der Waals surface area contributed by atoms with Crippen molar-refractivity contribution in [3.63, 3.8) is 0 Å². The van der Waals surface area contributed by atoms with Crippen LogP contribution in [0.15, 0.2) is 0 Å². The first-order chi connectivity index (χ1) is 8.19. The molecule has 1 aromatic rings. The normalized spacial score (nSPS) is 10.4.